The van der Waals surface area contributed by atoms with Crippen LogP contribution in [0.2, 0.25) is 0 Å². The highest BCUT2D eigenvalue weighted by atomic mass is 32.2. The van der Waals surface area contributed by atoms with Crippen molar-refractivity contribution < 1.29 is 19.4 Å². The first-order chi connectivity index (χ1) is 16.1. The summed E-state index contributed by atoms with van der Waals surface area (Å²) in [6.07, 6.45) is 11.9. The second kappa shape index (κ2) is 10.3. The van der Waals surface area contributed by atoms with Crippen molar-refractivity contribution in [3.05, 3.63) is 28.8 Å². The average Bonchev–Trinajstić information content (AvgIpc) is 3.49. The lowest BCUT2D eigenvalue weighted by Crippen LogP contribution is -2.53. The van der Waals surface area contributed by atoms with E-state index in [-0.39, 0.29) is 23.8 Å². The fourth-order valence-corrected chi connectivity index (χ4v) is 7.75. The maximum absolute atomic E-state index is 13.6. The van der Waals surface area contributed by atoms with Gasteiger partial charge in [0.15, 0.2) is 11.0 Å². The molecular weight excluding hydrogens is 444 g/mol. The zero-order valence-corrected chi connectivity index (χ0v) is 22.3. The fourth-order valence-electron chi connectivity index (χ4n) is 6.40. The van der Waals surface area contributed by atoms with Crippen molar-refractivity contribution in [2.45, 2.75) is 126 Å². The standard InChI is InChI=1S/C29H42O4S/c1-19-15-25(23(28(2,3)4)16-21(19)18-30)34-26-24(31)17-29(33-27(26)32,22-11-7-8-12-22)14-13-20-9-5-6-10-20/h15-16,20,22,26,30H,5-14,17-18H2,1-4H3. The minimum atomic E-state index is -0.804. The van der Waals surface area contributed by atoms with Gasteiger partial charge in [0, 0.05) is 11.3 Å². The molecule has 2 aliphatic carbocycles. The molecule has 188 valence electrons. The molecule has 1 N–H and O–H groups in total. The van der Waals surface area contributed by atoms with Crippen molar-refractivity contribution in [1.29, 1.82) is 0 Å². The number of benzene rings is 1. The number of ether oxygens (including phenoxy) is 1. The Hall–Kier alpha value is -1.33. The van der Waals surface area contributed by atoms with E-state index in [1.807, 2.05) is 19.1 Å². The number of Topliss-reactive ketones (excluding diaryl/α,β-unsaturated/α-hetero) is 1. The molecule has 1 aliphatic heterocycles. The minimum Gasteiger partial charge on any atom is -0.457 e. The van der Waals surface area contributed by atoms with Gasteiger partial charge in [0.2, 0.25) is 0 Å². The van der Waals surface area contributed by atoms with Gasteiger partial charge in [-0.1, -0.05) is 65.4 Å². The summed E-state index contributed by atoms with van der Waals surface area (Å²) >= 11 is 1.35. The molecule has 2 atom stereocenters. The Morgan fingerprint density at radius 2 is 1.71 bits per heavy atom. The van der Waals surface area contributed by atoms with Gasteiger partial charge in [0.25, 0.3) is 0 Å². The van der Waals surface area contributed by atoms with E-state index in [1.54, 1.807) is 0 Å². The van der Waals surface area contributed by atoms with E-state index in [2.05, 4.69) is 20.8 Å². The number of ketones is 1. The predicted molar refractivity (Wildman–Crippen MR) is 137 cm³/mol. The molecule has 0 bridgehead atoms. The van der Waals surface area contributed by atoms with Crippen molar-refractivity contribution in [1.82, 2.24) is 0 Å². The van der Waals surface area contributed by atoms with Gasteiger partial charge in [-0.3, -0.25) is 9.59 Å². The highest BCUT2D eigenvalue weighted by Crippen LogP contribution is 2.48. The summed E-state index contributed by atoms with van der Waals surface area (Å²) in [6, 6.07) is 4.05. The first-order valence-electron chi connectivity index (χ1n) is 13.3. The highest BCUT2D eigenvalue weighted by Gasteiger charge is 2.52. The third-order valence-electron chi connectivity index (χ3n) is 8.49. The quantitative estimate of drug-likeness (QED) is 0.345. The fraction of sp³-hybridized carbons (Fsp3) is 0.724. The molecule has 0 spiro atoms. The van der Waals surface area contributed by atoms with Crippen LogP contribution in [-0.2, 0) is 26.3 Å². The molecule has 2 unspecified atom stereocenters. The van der Waals surface area contributed by atoms with Gasteiger partial charge >= 0.3 is 5.97 Å². The monoisotopic (exact) mass is 486 g/mol. The molecule has 34 heavy (non-hydrogen) atoms. The molecule has 2 saturated carbocycles. The van der Waals surface area contributed by atoms with Gasteiger partial charge in [-0.2, -0.15) is 0 Å². The molecule has 1 aromatic carbocycles. The number of hydrogen-bond acceptors (Lipinski definition) is 5. The Morgan fingerprint density at radius 3 is 2.29 bits per heavy atom. The highest BCUT2D eigenvalue weighted by molar-refractivity contribution is 8.01. The third-order valence-corrected chi connectivity index (χ3v) is 9.78. The van der Waals surface area contributed by atoms with E-state index in [4.69, 9.17) is 4.74 Å². The Bertz CT molecular complexity index is 885. The normalized spacial score (nSPS) is 26.9. The van der Waals surface area contributed by atoms with Crippen LogP contribution in [0.3, 0.4) is 0 Å². The number of carbonyl (C=O) groups excluding carboxylic acids is 2. The summed E-state index contributed by atoms with van der Waals surface area (Å²) in [7, 11) is 0. The van der Waals surface area contributed by atoms with Crippen molar-refractivity contribution in [2.24, 2.45) is 11.8 Å². The lowest BCUT2D eigenvalue weighted by atomic mass is 9.75. The maximum Gasteiger partial charge on any atom is 0.327 e. The molecule has 3 aliphatic rings. The van der Waals surface area contributed by atoms with Crippen molar-refractivity contribution in [3.63, 3.8) is 0 Å². The van der Waals surface area contributed by atoms with Crippen molar-refractivity contribution in [2.75, 3.05) is 0 Å². The van der Waals surface area contributed by atoms with E-state index in [9.17, 15) is 14.7 Å². The van der Waals surface area contributed by atoms with Gasteiger partial charge in [-0.15, -0.1) is 11.8 Å². The number of rotatable bonds is 7. The van der Waals surface area contributed by atoms with Gasteiger partial charge in [-0.05, 0) is 72.6 Å². The molecule has 5 heteroatoms. The summed E-state index contributed by atoms with van der Waals surface area (Å²) in [5.41, 5.74) is 2.16. The number of thioether (sulfide) groups is 1. The summed E-state index contributed by atoms with van der Waals surface area (Å²) in [6.45, 7) is 8.32. The van der Waals surface area contributed by atoms with Crippen LogP contribution < -0.4 is 0 Å². The predicted octanol–water partition coefficient (Wildman–Crippen LogP) is 6.66. The maximum atomic E-state index is 13.6. The molecular formula is C29H42O4S. The summed E-state index contributed by atoms with van der Waals surface area (Å²) in [4.78, 5) is 28.0. The lowest BCUT2D eigenvalue weighted by molar-refractivity contribution is -0.178. The van der Waals surface area contributed by atoms with Crippen LogP contribution in [0.25, 0.3) is 0 Å². The number of aliphatic hydroxyl groups is 1. The number of esters is 1. The molecule has 0 radical (unpaired) electrons. The number of carbonyl (C=O) groups is 2. The van der Waals surface area contributed by atoms with E-state index in [0.29, 0.717) is 12.3 Å². The van der Waals surface area contributed by atoms with Crippen molar-refractivity contribution in [3.8, 4) is 0 Å². The number of aryl methyl sites for hydroxylation is 1. The largest absolute Gasteiger partial charge is 0.457 e. The molecule has 1 aromatic rings. The van der Waals surface area contributed by atoms with Crippen LogP contribution >= 0.6 is 11.8 Å². The topological polar surface area (TPSA) is 63.6 Å². The Balaban J connectivity index is 1.56. The van der Waals surface area contributed by atoms with Gasteiger partial charge in [0.05, 0.1) is 6.61 Å². The summed E-state index contributed by atoms with van der Waals surface area (Å²) < 4.78 is 6.35. The Morgan fingerprint density at radius 1 is 1.06 bits per heavy atom. The summed E-state index contributed by atoms with van der Waals surface area (Å²) in [5.74, 6) is 0.733. The van der Waals surface area contributed by atoms with Crippen LogP contribution in [0.4, 0.5) is 0 Å². The van der Waals surface area contributed by atoms with Crippen LogP contribution in [0.1, 0.15) is 108 Å². The van der Waals surface area contributed by atoms with Gasteiger partial charge in [-0.25, -0.2) is 0 Å². The molecule has 4 nitrogen and oxygen atoms in total. The van der Waals surface area contributed by atoms with Crippen LogP contribution in [0.15, 0.2) is 17.0 Å². The second-order valence-electron chi connectivity index (χ2n) is 12.0. The van der Waals surface area contributed by atoms with Gasteiger partial charge < -0.3 is 9.84 Å². The molecule has 1 saturated heterocycles. The van der Waals surface area contributed by atoms with E-state index < -0.39 is 10.9 Å². The first-order valence-corrected chi connectivity index (χ1v) is 14.2. The molecule has 3 fully saturated rings. The molecule has 0 aromatic heterocycles. The molecule has 1 heterocycles. The van der Waals surface area contributed by atoms with E-state index >= 15 is 0 Å². The Labute approximate surface area is 209 Å². The van der Waals surface area contributed by atoms with E-state index in [0.717, 1.165) is 53.2 Å². The number of hydrogen-bond donors (Lipinski definition) is 1. The van der Waals surface area contributed by atoms with Gasteiger partial charge in [0.1, 0.15) is 5.60 Å². The number of aliphatic hydroxyl groups excluding tert-OH is 1. The van der Waals surface area contributed by atoms with Crippen LogP contribution in [0.5, 0.6) is 0 Å². The van der Waals surface area contributed by atoms with Crippen LogP contribution in [0, 0.1) is 18.8 Å². The zero-order chi connectivity index (χ0) is 24.5. The van der Waals surface area contributed by atoms with E-state index in [1.165, 1.54) is 50.3 Å². The Kier molecular flexibility index (Phi) is 7.83. The molecule has 0 amide bonds. The second-order valence-corrected chi connectivity index (χ2v) is 13.1. The lowest BCUT2D eigenvalue weighted by Gasteiger charge is -2.43. The average molecular weight is 487 g/mol. The minimum absolute atomic E-state index is 0.0187. The van der Waals surface area contributed by atoms with Crippen LogP contribution in [-0.4, -0.2) is 27.7 Å². The summed E-state index contributed by atoms with van der Waals surface area (Å²) in [5, 5.41) is 8.96. The first kappa shape index (κ1) is 25.8. The number of cyclic esters (lactones) is 1. The third kappa shape index (κ3) is 5.41. The van der Waals surface area contributed by atoms with Crippen molar-refractivity contribution >= 4 is 23.5 Å². The SMILES string of the molecule is Cc1cc(SC2C(=O)CC(CCC3CCCC3)(C3CCCC3)OC2=O)c(C(C)(C)C)cc1CO. The zero-order valence-electron chi connectivity index (χ0n) is 21.5. The smallest absolute Gasteiger partial charge is 0.327 e. The molecule has 4 rings (SSSR count).